The summed E-state index contributed by atoms with van der Waals surface area (Å²) in [5.41, 5.74) is 1.81. The van der Waals surface area contributed by atoms with Gasteiger partial charge in [-0.2, -0.15) is 0 Å². The van der Waals surface area contributed by atoms with Crippen molar-refractivity contribution in [2.75, 3.05) is 13.1 Å². The molecule has 3 heterocycles. The minimum Gasteiger partial charge on any atom is -0.494 e. The number of nitrogens with one attached hydrogen (secondary N) is 2. The average molecular weight is 420 g/mol. The molecule has 0 radical (unpaired) electrons. The second-order valence-corrected chi connectivity index (χ2v) is 7.65. The van der Waals surface area contributed by atoms with E-state index in [4.69, 9.17) is 0 Å². The second-order valence-electron chi connectivity index (χ2n) is 7.65. The summed E-state index contributed by atoms with van der Waals surface area (Å²) in [5, 5.41) is 12.2. The van der Waals surface area contributed by atoms with E-state index in [0.717, 1.165) is 33.1 Å². The van der Waals surface area contributed by atoms with E-state index in [1.165, 1.54) is 24.3 Å². The maximum absolute atomic E-state index is 13.4. The monoisotopic (exact) mass is 420 g/mol. The zero-order valence-corrected chi connectivity index (χ0v) is 16.9. The fourth-order valence-corrected chi connectivity index (χ4v) is 4.57. The minimum absolute atomic E-state index is 0.0817. The molecule has 1 aliphatic heterocycles. The van der Waals surface area contributed by atoms with Gasteiger partial charge in [-0.1, -0.05) is 25.1 Å². The highest BCUT2D eigenvalue weighted by Gasteiger charge is 2.35. The quantitative estimate of drug-likeness (QED) is 0.475. The van der Waals surface area contributed by atoms with Crippen LogP contribution in [0.5, 0.6) is 5.88 Å². The normalized spacial score (nSPS) is 16.5. The van der Waals surface area contributed by atoms with Gasteiger partial charge < -0.3 is 10.1 Å². The zero-order chi connectivity index (χ0) is 21.7. The number of aromatic hydroxyl groups is 1. The molecule has 0 fully saturated rings. The summed E-state index contributed by atoms with van der Waals surface area (Å²) in [6.45, 7) is 3.33. The molecule has 158 valence electrons. The Morgan fingerprint density at radius 2 is 1.84 bits per heavy atom. The summed E-state index contributed by atoms with van der Waals surface area (Å²) < 4.78 is 14.4. The van der Waals surface area contributed by atoms with E-state index in [1.54, 1.807) is 0 Å². The number of aromatic nitrogens is 3. The van der Waals surface area contributed by atoms with Gasteiger partial charge in [0, 0.05) is 23.1 Å². The molecule has 0 saturated heterocycles. The maximum atomic E-state index is 13.4. The lowest BCUT2D eigenvalue weighted by Crippen LogP contribution is -2.41. The van der Waals surface area contributed by atoms with E-state index >= 15 is 0 Å². The van der Waals surface area contributed by atoms with Crippen LogP contribution in [0, 0.1) is 5.82 Å². The van der Waals surface area contributed by atoms with Crippen LogP contribution in [0.3, 0.4) is 0 Å². The first kappa shape index (κ1) is 19.3. The van der Waals surface area contributed by atoms with Crippen molar-refractivity contribution in [3.05, 3.63) is 92.0 Å². The van der Waals surface area contributed by atoms with E-state index in [9.17, 15) is 19.1 Å². The van der Waals surface area contributed by atoms with Gasteiger partial charge in [0.1, 0.15) is 11.4 Å². The van der Waals surface area contributed by atoms with Crippen LogP contribution >= 0.6 is 0 Å². The smallest absolute Gasteiger partial charge is 0.335 e. The standard InChI is InChI=1S/C23H21FN4O3/c1-2-27-12-11-16-15-5-3-4-6-17(15)25-19(16)20(27)18-21(29)26-23(31)28(22(18)30)14-9-7-13(24)8-10-14/h3-10,20,25,30H,2,11-12H2,1H3,(H,26,29,31)/t20-/m1/s1. The Morgan fingerprint density at radius 3 is 2.58 bits per heavy atom. The van der Waals surface area contributed by atoms with E-state index < -0.39 is 29.0 Å². The first-order chi connectivity index (χ1) is 15.0. The number of nitrogens with zero attached hydrogens (tertiary/aromatic N) is 2. The predicted molar refractivity (Wildman–Crippen MR) is 115 cm³/mol. The highest BCUT2D eigenvalue weighted by Crippen LogP contribution is 2.39. The zero-order valence-electron chi connectivity index (χ0n) is 16.9. The van der Waals surface area contributed by atoms with Crippen LogP contribution in [0.15, 0.2) is 58.1 Å². The Kier molecular flexibility index (Phi) is 4.51. The summed E-state index contributed by atoms with van der Waals surface area (Å²) >= 11 is 0. The van der Waals surface area contributed by atoms with Gasteiger partial charge in [0.25, 0.3) is 5.56 Å². The van der Waals surface area contributed by atoms with Crippen LogP contribution in [0.2, 0.25) is 0 Å². The lowest BCUT2D eigenvalue weighted by molar-refractivity contribution is 0.215. The molecular weight excluding hydrogens is 399 g/mol. The second kappa shape index (κ2) is 7.24. The third kappa shape index (κ3) is 2.98. The molecule has 31 heavy (non-hydrogen) atoms. The summed E-state index contributed by atoms with van der Waals surface area (Å²) in [5.74, 6) is -0.914. The lowest BCUT2D eigenvalue weighted by Gasteiger charge is -2.35. The third-order valence-electron chi connectivity index (χ3n) is 6.02. The summed E-state index contributed by atoms with van der Waals surface area (Å²) in [4.78, 5) is 33.3. The predicted octanol–water partition coefficient (Wildman–Crippen LogP) is 2.82. The molecule has 0 aliphatic carbocycles. The molecule has 1 atom stereocenters. The van der Waals surface area contributed by atoms with Crippen molar-refractivity contribution in [2.24, 2.45) is 0 Å². The number of rotatable bonds is 3. The van der Waals surface area contributed by atoms with Crippen molar-refractivity contribution >= 4 is 10.9 Å². The van der Waals surface area contributed by atoms with Crippen LogP contribution in [0.1, 0.15) is 29.8 Å². The number of hydrogen-bond acceptors (Lipinski definition) is 4. The minimum atomic E-state index is -0.784. The van der Waals surface area contributed by atoms with Crippen molar-refractivity contribution in [1.29, 1.82) is 0 Å². The average Bonchev–Trinajstić information content (AvgIpc) is 3.14. The molecule has 8 heteroatoms. The topological polar surface area (TPSA) is 94.1 Å². The number of benzene rings is 2. The molecule has 5 rings (SSSR count). The van der Waals surface area contributed by atoms with Crippen LogP contribution < -0.4 is 11.2 Å². The SMILES string of the molecule is CCN1CCc2c([nH]c3ccccc23)[C@H]1c1c(O)n(-c2ccc(F)cc2)c(=O)[nH]c1=O. The van der Waals surface area contributed by atoms with Crippen LogP contribution in [-0.2, 0) is 6.42 Å². The number of aromatic amines is 2. The fraction of sp³-hybridized carbons (Fsp3) is 0.217. The maximum Gasteiger partial charge on any atom is 0.335 e. The fourth-order valence-electron chi connectivity index (χ4n) is 4.57. The van der Waals surface area contributed by atoms with Crippen LogP contribution in [-0.4, -0.2) is 37.6 Å². The number of fused-ring (bicyclic) bond motifs is 3. The third-order valence-corrected chi connectivity index (χ3v) is 6.02. The van der Waals surface area contributed by atoms with Crippen molar-refractivity contribution in [1.82, 2.24) is 19.4 Å². The Bertz CT molecular complexity index is 1400. The number of halogens is 1. The summed E-state index contributed by atoms with van der Waals surface area (Å²) in [6.07, 6.45) is 0.806. The number of likely N-dealkylation sites (N-methyl/N-ethyl adjacent to an activating group) is 1. The summed E-state index contributed by atoms with van der Waals surface area (Å²) in [6, 6.07) is 12.5. The Morgan fingerprint density at radius 1 is 1.10 bits per heavy atom. The van der Waals surface area contributed by atoms with E-state index in [0.29, 0.717) is 13.1 Å². The van der Waals surface area contributed by atoms with Crippen LogP contribution in [0.4, 0.5) is 4.39 Å². The number of H-pyrrole nitrogens is 2. The highest BCUT2D eigenvalue weighted by molar-refractivity contribution is 5.85. The van der Waals surface area contributed by atoms with Gasteiger partial charge >= 0.3 is 5.69 Å². The van der Waals surface area contributed by atoms with E-state index in [2.05, 4.69) is 14.9 Å². The Hall–Kier alpha value is -3.65. The molecule has 2 aromatic carbocycles. The molecule has 3 N–H and O–H groups in total. The molecule has 7 nitrogen and oxygen atoms in total. The molecule has 0 spiro atoms. The van der Waals surface area contributed by atoms with Crippen molar-refractivity contribution in [3.63, 3.8) is 0 Å². The van der Waals surface area contributed by atoms with Crippen molar-refractivity contribution in [3.8, 4) is 11.6 Å². The Labute approximate surface area is 176 Å². The molecule has 0 bridgehead atoms. The van der Waals surface area contributed by atoms with Gasteiger partial charge in [-0.3, -0.25) is 14.7 Å². The molecule has 0 saturated carbocycles. The molecule has 4 aromatic rings. The lowest BCUT2D eigenvalue weighted by atomic mass is 9.93. The van der Waals surface area contributed by atoms with E-state index in [-0.39, 0.29) is 11.3 Å². The molecule has 0 amide bonds. The molecule has 1 aliphatic rings. The first-order valence-corrected chi connectivity index (χ1v) is 10.2. The van der Waals surface area contributed by atoms with Gasteiger partial charge in [0.2, 0.25) is 5.88 Å². The van der Waals surface area contributed by atoms with Gasteiger partial charge in [0.15, 0.2) is 0 Å². The van der Waals surface area contributed by atoms with E-state index in [1.807, 2.05) is 31.2 Å². The van der Waals surface area contributed by atoms with Crippen molar-refractivity contribution in [2.45, 2.75) is 19.4 Å². The molecule has 0 unspecified atom stereocenters. The largest absolute Gasteiger partial charge is 0.494 e. The molecular formula is C23H21FN4O3. The van der Waals surface area contributed by atoms with Gasteiger partial charge in [0.05, 0.1) is 11.7 Å². The van der Waals surface area contributed by atoms with Gasteiger partial charge in [-0.05, 0) is 48.9 Å². The van der Waals surface area contributed by atoms with Crippen LogP contribution in [0.25, 0.3) is 16.6 Å². The number of hydrogen-bond donors (Lipinski definition) is 3. The highest BCUT2D eigenvalue weighted by atomic mass is 19.1. The molecule has 2 aromatic heterocycles. The van der Waals surface area contributed by atoms with Gasteiger partial charge in [-0.15, -0.1) is 0 Å². The first-order valence-electron chi connectivity index (χ1n) is 10.2. The van der Waals surface area contributed by atoms with Crippen molar-refractivity contribution < 1.29 is 9.50 Å². The Balaban J connectivity index is 1.78. The number of para-hydroxylation sites is 1. The van der Waals surface area contributed by atoms with Gasteiger partial charge in [-0.25, -0.2) is 13.8 Å². The summed E-state index contributed by atoms with van der Waals surface area (Å²) in [7, 11) is 0.